The van der Waals surface area contributed by atoms with E-state index >= 15 is 0 Å². The van der Waals surface area contributed by atoms with Crippen LogP contribution in [0.4, 0.5) is 0 Å². The van der Waals surface area contributed by atoms with E-state index in [2.05, 4.69) is 15.3 Å². The van der Waals surface area contributed by atoms with Gasteiger partial charge in [-0.15, -0.1) is 0 Å². The van der Waals surface area contributed by atoms with Crippen molar-refractivity contribution >= 4 is 6.41 Å². The van der Waals surface area contributed by atoms with E-state index in [0.717, 1.165) is 11.4 Å². The highest BCUT2D eigenvalue weighted by Gasteiger charge is 1.97. The molecule has 1 aromatic heterocycles. The summed E-state index contributed by atoms with van der Waals surface area (Å²) in [7, 11) is 0. The molecule has 0 spiro atoms. The predicted molar refractivity (Wildman–Crippen MR) is 44.4 cm³/mol. The Balaban J connectivity index is 2.78. The summed E-state index contributed by atoms with van der Waals surface area (Å²) < 4.78 is 0. The number of carbonyl (C=O) groups is 1. The Morgan fingerprint density at radius 1 is 1.42 bits per heavy atom. The van der Waals surface area contributed by atoms with Crippen molar-refractivity contribution in [1.82, 2.24) is 15.3 Å². The van der Waals surface area contributed by atoms with E-state index in [1.54, 1.807) is 0 Å². The first-order valence-corrected chi connectivity index (χ1v) is 3.70. The Labute approximate surface area is 71.0 Å². The lowest BCUT2D eigenvalue weighted by molar-refractivity contribution is -0.109. The summed E-state index contributed by atoms with van der Waals surface area (Å²) in [6.45, 7) is 4.20. The van der Waals surface area contributed by atoms with Gasteiger partial charge >= 0.3 is 0 Å². The first-order chi connectivity index (χ1) is 5.72. The van der Waals surface area contributed by atoms with Crippen LogP contribution in [0, 0.1) is 13.8 Å². The fourth-order valence-electron chi connectivity index (χ4n) is 1.01. The molecule has 0 atom stereocenters. The molecule has 0 aliphatic heterocycles. The van der Waals surface area contributed by atoms with Gasteiger partial charge in [-0.05, 0) is 19.9 Å². The van der Waals surface area contributed by atoms with Gasteiger partial charge in [0, 0.05) is 11.4 Å². The molecule has 0 aliphatic carbocycles. The average molecular weight is 165 g/mol. The molecule has 1 amide bonds. The maximum absolute atomic E-state index is 9.98. The fraction of sp³-hybridized carbons (Fsp3) is 0.375. The van der Waals surface area contributed by atoms with Crippen LogP contribution in [0.15, 0.2) is 6.07 Å². The highest BCUT2D eigenvalue weighted by Crippen LogP contribution is 1.98. The van der Waals surface area contributed by atoms with E-state index < -0.39 is 0 Å². The SMILES string of the molecule is Cc1cc(C)nc(CNC=O)n1. The molecule has 1 heterocycles. The van der Waals surface area contributed by atoms with Gasteiger partial charge in [0.15, 0.2) is 0 Å². The maximum atomic E-state index is 9.98. The lowest BCUT2D eigenvalue weighted by Crippen LogP contribution is -2.13. The topological polar surface area (TPSA) is 54.9 Å². The number of carbonyl (C=O) groups excluding carboxylic acids is 1. The van der Waals surface area contributed by atoms with Crippen molar-refractivity contribution in [3.05, 3.63) is 23.3 Å². The Morgan fingerprint density at radius 3 is 2.50 bits per heavy atom. The maximum Gasteiger partial charge on any atom is 0.207 e. The summed E-state index contributed by atoms with van der Waals surface area (Å²) in [4.78, 5) is 18.3. The molecule has 0 radical (unpaired) electrons. The van der Waals surface area contributed by atoms with Crippen LogP contribution in [-0.4, -0.2) is 16.4 Å². The molecule has 64 valence electrons. The highest BCUT2D eigenvalue weighted by atomic mass is 16.1. The standard InChI is InChI=1S/C8H11N3O/c1-6-3-7(2)11-8(10-6)4-9-5-12/h3,5H,4H2,1-2H3,(H,9,12). The molecular weight excluding hydrogens is 154 g/mol. The molecule has 0 aromatic carbocycles. The highest BCUT2D eigenvalue weighted by molar-refractivity contribution is 5.45. The Morgan fingerprint density at radius 2 is 2.00 bits per heavy atom. The number of nitrogens with zero attached hydrogens (tertiary/aromatic N) is 2. The van der Waals surface area contributed by atoms with Gasteiger partial charge in [0.05, 0.1) is 6.54 Å². The van der Waals surface area contributed by atoms with E-state index in [9.17, 15) is 4.79 Å². The molecule has 12 heavy (non-hydrogen) atoms. The van der Waals surface area contributed by atoms with Gasteiger partial charge in [-0.25, -0.2) is 9.97 Å². The van der Waals surface area contributed by atoms with Crippen LogP contribution in [0.3, 0.4) is 0 Å². The van der Waals surface area contributed by atoms with E-state index in [0.29, 0.717) is 18.8 Å². The second-order valence-electron chi connectivity index (χ2n) is 2.57. The molecule has 0 saturated heterocycles. The quantitative estimate of drug-likeness (QED) is 0.657. The molecule has 4 heteroatoms. The predicted octanol–water partition coefficient (Wildman–Crippen LogP) is 0.339. The van der Waals surface area contributed by atoms with Crippen LogP contribution < -0.4 is 5.32 Å². The van der Waals surface area contributed by atoms with Crippen molar-refractivity contribution in [2.75, 3.05) is 0 Å². The fourth-order valence-corrected chi connectivity index (χ4v) is 1.01. The molecule has 1 aromatic rings. The molecule has 1 rings (SSSR count). The number of hydrogen-bond donors (Lipinski definition) is 1. The number of hydrogen-bond acceptors (Lipinski definition) is 3. The summed E-state index contributed by atoms with van der Waals surface area (Å²) in [6, 6.07) is 1.89. The van der Waals surface area contributed by atoms with E-state index in [4.69, 9.17) is 0 Å². The zero-order valence-corrected chi connectivity index (χ0v) is 7.16. The van der Waals surface area contributed by atoms with Crippen LogP contribution in [0.2, 0.25) is 0 Å². The monoisotopic (exact) mass is 165 g/mol. The van der Waals surface area contributed by atoms with Gasteiger partial charge in [0.25, 0.3) is 0 Å². The summed E-state index contributed by atoms with van der Waals surface area (Å²) >= 11 is 0. The molecule has 1 N–H and O–H groups in total. The van der Waals surface area contributed by atoms with Crippen molar-refractivity contribution in [2.24, 2.45) is 0 Å². The van der Waals surface area contributed by atoms with Gasteiger partial charge in [-0.1, -0.05) is 0 Å². The summed E-state index contributed by atoms with van der Waals surface area (Å²) in [6.07, 6.45) is 0.640. The molecule has 4 nitrogen and oxygen atoms in total. The van der Waals surface area contributed by atoms with Gasteiger partial charge in [-0.3, -0.25) is 4.79 Å². The normalized spacial score (nSPS) is 9.50. The summed E-state index contributed by atoms with van der Waals surface area (Å²) in [5.41, 5.74) is 1.84. The molecular formula is C8H11N3O. The minimum atomic E-state index is 0.395. The zero-order chi connectivity index (χ0) is 8.97. The minimum Gasteiger partial charge on any atom is -0.351 e. The summed E-state index contributed by atoms with van der Waals surface area (Å²) in [5, 5.41) is 2.51. The molecule has 0 unspecified atom stereocenters. The second-order valence-corrected chi connectivity index (χ2v) is 2.57. The number of nitrogens with one attached hydrogen (secondary N) is 1. The molecule has 0 bridgehead atoms. The van der Waals surface area contributed by atoms with E-state index in [1.807, 2.05) is 19.9 Å². The first kappa shape index (κ1) is 8.64. The van der Waals surface area contributed by atoms with Gasteiger partial charge in [0.2, 0.25) is 6.41 Å². The van der Waals surface area contributed by atoms with Crippen LogP contribution in [-0.2, 0) is 11.3 Å². The number of aryl methyl sites for hydroxylation is 2. The first-order valence-electron chi connectivity index (χ1n) is 3.70. The van der Waals surface area contributed by atoms with Crippen molar-refractivity contribution < 1.29 is 4.79 Å². The zero-order valence-electron chi connectivity index (χ0n) is 7.16. The number of rotatable bonds is 3. The smallest absolute Gasteiger partial charge is 0.207 e. The third-order valence-corrected chi connectivity index (χ3v) is 1.37. The second kappa shape index (κ2) is 3.80. The molecule has 0 saturated carbocycles. The van der Waals surface area contributed by atoms with Crippen molar-refractivity contribution in [3.63, 3.8) is 0 Å². The average Bonchev–Trinajstić information content (AvgIpc) is 1.99. The third kappa shape index (κ3) is 2.30. The number of aromatic nitrogens is 2. The largest absolute Gasteiger partial charge is 0.351 e. The minimum absolute atomic E-state index is 0.395. The molecule has 0 aliphatic rings. The van der Waals surface area contributed by atoms with E-state index in [1.165, 1.54) is 0 Å². The Kier molecular flexibility index (Phi) is 2.74. The van der Waals surface area contributed by atoms with Crippen LogP contribution >= 0.6 is 0 Å². The van der Waals surface area contributed by atoms with Crippen molar-refractivity contribution in [1.29, 1.82) is 0 Å². The van der Waals surface area contributed by atoms with E-state index in [-0.39, 0.29) is 0 Å². The lowest BCUT2D eigenvalue weighted by atomic mass is 10.3. The van der Waals surface area contributed by atoms with Gasteiger partial charge < -0.3 is 5.32 Å². The van der Waals surface area contributed by atoms with Gasteiger partial charge in [-0.2, -0.15) is 0 Å². The Bertz CT molecular complexity index is 265. The number of amides is 1. The van der Waals surface area contributed by atoms with Crippen LogP contribution in [0.25, 0.3) is 0 Å². The van der Waals surface area contributed by atoms with Crippen LogP contribution in [0.5, 0.6) is 0 Å². The van der Waals surface area contributed by atoms with Crippen LogP contribution in [0.1, 0.15) is 17.2 Å². The van der Waals surface area contributed by atoms with Crippen molar-refractivity contribution in [3.8, 4) is 0 Å². The van der Waals surface area contributed by atoms with Crippen molar-refractivity contribution in [2.45, 2.75) is 20.4 Å². The Hall–Kier alpha value is -1.45. The summed E-state index contributed by atoms with van der Waals surface area (Å²) in [5.74, 6) is 0.652. The molecule has 0 fully saturated rings. The third-order valence-electron chi connectivity index (χ3n) is 1.37. The van der Waals surface area contributed by atoms with Gasteiger partial charge in [0.1, 0.15) is 5.82 Å². The lowest BCUT2D eigenvalue weighted by Gasteiger charge is -2.01.